The maximum atomic E-state index is 14.3. The van der Waals surface area contributed by atoms with Crippen LogP contribution in [0.3, 0.4) is 0 Å². The third-order valence-electron chi connectivity index (χ3n) is 4.70. The second-order valence-corrected chi connectivity index (χ2v) is 8.06. The number of methoxy groups -OCH3 is 1. The van der Waals surface area contributed by atoms with E-state index >= 15 is 0 Å². The van der Waals surface area contributed by atoms with Crippen molar-refractivity contribution >= 4 is 11.3 Å². The zero-order valence-corrected chi connectivity index (χ0v) is 16.4. The van der Waals surface area contributed by atoms with Crippen molar-refractivity contribution in [1.29, 1.82) is 0 Å². The number of rotatable bonds is 7. The maximum absolute atomic E-state index is 14.3. The predicted molar refractivity (Wildman–Crippen MR) is 101 cm³/mol. The fourth-order valence-electron chi connectivity index (χ4n) is 3.31. The Morgan fingerprint density at radius 1 is 1.35 bits per heavy atom. The number of halogens is 1. The fraction of sp³-hybridized carbons (Fsp3) is 0.526. The zero-order valence-electron chi connectivity index (χ0n) is 15.5. The lowest BCUT2D eigenvalue weighted by molar-refractivity contribution is 0.0356. The molecule has 0 bridgehead atoms. The van der Waals surface area contributed by atoms with Crippen LogP contribution in [0.5, 0.6) is 5.75 Å². The summed E-state index contributed by atoms with van der Waals surface area (Å²) in [5.74, 6) is -0.0654. The highest BCUT2D eigenvalue weighted by Crippen LogP contribution is 2.34. The summed E-state index contributed by atoms with van der Waals surface area (Å²) >= 11 is 1.71. The van der Waals surface area contributed by atoms with Crippen LogP contribution in [0.25, 0.3) is 0 Å². The molecule has 1 aromatic heterocycles. The molecule has 0 radical (unpaired) electrons. The molecule has 1 saturated heterocycles. The molecule has 0 saturated carbocycles. The Balaban J connectivity index is 1.77. The highest BCUT2D eigenvalue weighted by atomic mass is 32.1. The van der Waals surface area contributed by atoms with Crippen molar-refractivity contribution < 1.29 is 13.9 Å². The molecule has 1 aliphatic heterocycles. The van der Waals surface area contributed by atoms with Crippen LogP contribution in [0.2, 0.25) is 0 Å². The summed E-state index contributed by atoms with van der Waals surface area (Å²) in [6.07, 6.45) is 3.54. The van der Waals surface area contributed by atoms with Crippen LogP contribution in [0.1, 0.15) is 28.3 Å². The number of aromatic nitrogens is 1. The number of thiazole rings is 1. The van der Waals surface area contributed by atoms with Gasteiger partial charge in [-0.15, -0.1) is 11.3 Å². The molecule has 3 rings (SSSR count). The lowest BCUT2D eigenvalue weighted by atomic mass is 9.82. The lowest BCUT2D eigenvalue weighted by Gasteiger charge is -2.38. The highest BCUT2D eigenvalue weighted by Gasteiger charge is 2.34. The second kappa shape index (κ2) is 8.43. The third-order valence-corrected chi connectivity index (χ3v) is 5.68. The first kappa shape index (κ1) is 19.2. The Morgan fingerprint density at radius 3 is 2.77 bits per heavy atom. The van der Waals surface area contributed by atoms with Crippen molar-refractivity contribution in [3.8, 4) is 5.75 Å². The van der Waals surface area contributed by atoms with Gasteiger partial charge in [-0.05, 0) is 44.6 Å². The Labute approximate surface area is 158 Å². The molecule has 2 aromatic rings. The van der Waals surface area contributed by atoms with Gasteiger partial charge in [0.25, 0.3) is 0 Å². The number of benzene rings is 1. The molecule has 1 aromatic carbocycles. The van der Waals surface area contributed by atoms with E-state index in [1.807, 2.05) is 26.4 Å². The number of ether oxygens (including phenoxy) is 2. The van der Waals surface area contributed by atoms with Gasteiger partial charge in [0.15, 0.2) is 11.6 Å². The minimum atomic E-state index is -0.333. The summed E-state index contributed by atoms with van der Waals surface area (Å²) in [6, 6.07) is 5.22. The van der Waals surface area contributed by atoms with Gasteiger partial charge in [0, 0.05) is 42.9 Å². The van der Waals surface area contributed by atoms with Crippen LogP contribution in [-0.2, 0) is 23.4 Å². The minimum Gasteiger partial charge on any atom is -0.494 e. The van der Waals surface area contributed by atoms with Gasteiger partial charge in [-0.2, -0.15) is 0 Å². The number of hydrogen-bond acceptors (Lipinski definition) is 6. The summed E-state index contributed by atoms with van der Waals surface area (Å²) in [4.78, 5) is 7.90. The zero-order chi connectivity index (χ0) is 18.6. The average Bonchev–Trinajstić information content (AvgIpc) is 3.07. The summed E-state index contributed by atoms with van der Waals surface area (Å²) in [5, 5.41) is 4.69. The van der Waals surface area contributed by atoms with Crippen molar-refractivity contribution in [2.24, 2.45) is 0 Å². The Hall–Kier alpha value is -1.54. The number of nitrogens with zero attached hydrogens (tertiary/aromatic N) is 2. The van der Waals surface area contributed by atoms with E-state index in [1.54, 1.807) is 23.5 Å². The Kier molecular flexibility index (Phi) is 6.24. The van der Waals surface area contributed by atoms with Gasteiger partial charge in [-0.3, -0.25) is 0 Å². The van der Waals surface area contributed by atoms with Gasteiger partial charge < -0.3 is 19.7 Å². The molecule has 1 N–H and O–H groups in total. The SMILES string of the molecule is COc1ccc(C2(NCc3ncc(CN(C)C)s3)CCOCC2)cc1F. The van der Waals surface area contributed by atoms with Crippen LogP contribution in [0.15, 0.2) is 24.4 Å². The molecule has 2 heterocycles. The van der Waals surface area contributed by atoms with Gasteiger partial charge in [0.05, 0.1) is 7.11 Å². The van der Waals surface area contributed by atoms with Crippen molar-refractivity contribution in [2.45, 2.75) is 31.5 Å². The monoisotopic (exact) mass is 379 g/mol. The Morgan fingerprint density at radius 2 is 2.12 bits per heavy atom. The van der Waals surface area contributed by atoms with E-state index < -0.39 is 0 Å². The number of hydrogen-bond donors (Lipinski definition) is 1. The molecule has 0 amide bonds. The number of nitrogens with one attached hydrogen (secondary N) is 1. The normalized spacial score (nSPS) is 16.8. The van der Waals surface area contributed by atoms with E-state index in [2.05, 4.69) is 15.2 Å². The molecule has 1 fully saturated rings. The largest absolute Gasteiger partial charge is 0.494 e. The van der Waals surface area contributed by atoms with Crippen molar-refractivity contribution in [1.82, 2.24) is 15.2 Å². The average molecular weight is 380 g/mol. The highest BCUT2D eigenvalue weighted by molar-refractivity contribution is 7.11. The molecular formula is C19H26FN3O2S. The smallest absolute Gasteiger partial charge is 0.165 e. The van der Waals surface area contributed by atoms with Gasteiger partial charge in [0.2, 0.25) is 0 Å². The van der Waals surface area contributed by atoms with Gasteiger partial charge >= 0.3 is 0 Å². The molecule has 1 aliphatic rings. The molecule has 26 heavy (non-hydrogen) atoms. The van der Waals surface area contributed by atoms with Crippen LogP contribution in [-0.4, -0.2) is 44.3 Å². The summed E-state index contributed by atoms with van der Waals surface area (Å²) in [6.45, 7) is 2.86. The van der Waals surface area contributed by atoms with Crippen molar-refractivity contribution in [3.05, 3.63) is 45.7 Å². The molecule has 0 aliphatic carbocycles. The van der Waals surface area contributed by atoms with E-state index in [9.17, 15) is 4.39 Å². The summed E-state index contributed by atoms with van der Waals surface area (Å²) < 4.78 is 24.9. The van der Waals surface area contributed by atoms with Crippen molar-refractivity contribution in [2.75, 3.05) is 34.4 Å². The quantitative estimate of drug-likeness (QED) is 0.801. The van der Waals surface area contributed by atoms with E-state index in [-0.39, 0.29) is 17.1 Å². The third kappa shape index (κ3) is 4.40. The van der Waals surface area contributed by atoms with E-state index in [1.165, 1.54) is 12.0 Å². The fourth-order valence-corrected chi connectivity index (χ4v) is 4.29. The van der Waals surface area contributed by atoms with E-state index in [4.69, 9.17) is 9.47 Å². The first-order chi connectivity index (χ1) is 12.5. The first-order valence-corrected chi connectivity index (χ1v) is 9.59. The Bertz CT molecular complexity index is 729. The maximum Gasteiger partial charge on any atom is 0.165 e. The van der Waals surface area contributed by atoms with E-state index in [0.717, 1.165) is 30.0 Å². The van der Waals surface area contributed by atoms with Crippen LogP contribution >= 0.6 is 11.3 Å². The standard InChI is InChI=1S/C19H26FN3O2S/c1-23(2)13-15-11-21-18(26-15)12-22-19(6-8-25-9-7-19)14-4-5-17(24-3)16(20)10-14/h4-5,10-11,22H,6-9,12-13H2,1-3H3. The molecule has 7 heteroatoms. The van der Waals surface area contributed by atoms with Crippen LogP contribution in [0.4, 0.5) is 4.39 Å². The molecule has 142 valence electrons. The van der Waals surface area contributed by atoms with Crippen molar-refractivity contribution in [3.63, 3.8) is 0 Å². The van der Waals surface area contributed by atoms with Gasteiger partial charge in [-0.25, -0.2) is 9.37 Å². The molecule has 0 atom stereocenters. The summed E-state index contributed by atoms with van der Waals surface area (Å²) in [7, 11) is 5.58. The predicted octanol–water partition coefficient (Wildman–Crippen LogP) is 3.15. The van der Waals surface area contributed by atoms with E-state index in [0.29, 0.717) is 19.8 Å². The second-order valence-electron chi connectivity index (χ2n) is 6.86. The van der Waals surface area contributed by atoms with Crippen LogP contribution in [0, 0.1) is 5.82 Å². The van der Waals surface area contributed by atoms with Gasteiger partial charge in [0.1, 0.15) is 5.01 Å². The molecule has 5 nitrogen and oxygen atoms in total. The summed E-state index contributed by atoms with van der Waals surface area (Å²) in [5.41, 5.74) is 0.628. The first-order valence-electron chi connectivity index (χ1n) is 8.77. The van der Waals surface area contributed by atoms with Gasteiger partial charge in [-0.1, -0.05) is 6.07 Å². The van der Waals surface area contributed by atoms with Crippen LogP contribution < -0.4 is 10.1 Å². The molecular weight excluding hydrogens is 353 g/mol. The molecule has 0 unspecified atom stereocenters. The lowest BCUT2D eigenvalue weighted by Crippen LogP contribution is -2.46. The topological polar surface area (TPSA) is 46.6 Å². The molecule has 0 spiro atoms. The minimum absolute atomic E-state index is 0.268.